The summed E-state index contributed by atoms with van der Waals surface area (Å²) < 4.78 is 10.4. The van der Waals surface area contributed by atoms with Gasteiger partial charge in [0.15, 0.2) is 0 Å². The largest absolute Gasteiger partial charge is 0.494 e. The summed E-state index contributed by atoms with van der Waals surface area (Å²) in [5, 5.41) is 3.43. The fraction of sp³-hybridized carbons (Fsp3) is 0.562. The molecule has 1 aliphatic rings. The Morgan fingerprint density at radius 1 is 1.48 bits per heavy atom. The summed E-state index contributed by atoms with van der Waals surface area (Å²) in [4.78, 5) is 13.9. The molecule has 1 aromatic rings. The summed E-state index contributed by atoms with van der Waals surface area (Å²) in [7, 11) is 1.38. The lowest BCUT2D eigenvalue weighted by molar-refractivity contribution is 0.0600. The smallest absolute Gasteiger partial charge is 0.337 e. The van der Waals surface area contributed by atoms with Crippen molar-refractivity contribution < 1.29 is 14.3 Å². The average molecular weight is 292 g/mol. The van der Waals surface area contributed by atoms with Gasteiger partial charge in [-0.2, -0.15) is 0 Å². The normalized spacial score (nSPS) is 19.2. The first-order valence-electron chi connectivity index (χ1n) is 7.46. The Hall–Kier alpha value is -1.59. The topological polar surface area (TPSA) is 50.8 Å². The van der Waals surface area contributed by atoms with Crippen LogP contribution >= 0.6 is 0 Å². The molecular weight excluding hydrogens is 268 g/mol. The van der Waals surface area contributed by atoms with E-state index < -0.39 is 0 Å². The monoisotopic (exact) mass is 292 g/mol. The Balaban J connectivity index is 1.72. The molecule has 0 aromatic heterocycles. The lowest BCUT2D eigenvalue weighted by atomic mass is 10.2. The molecule has 0 spiro atoms. The SMILES string of the molecule is COC(=O)c1cccc(OCCCN2CCNC(C)C2)c1. The van der Waals surface area contributed by atoms with Crippen molar-refractivity contribution in [1.29, 1.82) is 0 Å². The molecule has 1 unspecified atom stereocenters. The van der Waals surface area contributed by atoms with Crippen molar-refractivity contribution >= 4 is 5.97 Å². The first-order chi connectivity index (χ1) is 10.2. The van der Waals surface area contributed by atoms with Gasteiger partial charge in [-0.1, -0.05) is 6.07 Å². The summed E-state index contributed by atoms with van der Waals surface area (Å²) in [6, 6.07) is 7.68. The van der Waals surface area contributed by atoms with Crippen molar-refractivity contribution in [3.8, 4) is 5.75 Å². The van der Waals surface area contributed by atoms with Crippen molar-refractivity contribution in [1.82, 2.24) is 10.2 Å². The molecule has 1 aromatic carbocycles. The number of esters is 1. The van der Waals surface area contributed by atoms with Gasteiger partial charge in [0, 0.05) is 32.2 Å². The molecule has 1 heterocycles. The van der Waals surface area contributed by atoms with Crippen molar-refractivity contribution in [2.45, 2.75) is 19.4 Å². The van der Waals surface area contributed by atoms with Crippen LogP contribution in [0, 0.1) is 0 Å². The molecule has 0 bridgehead atoms. The third-order valence-electron chi connectivity index (χ3n) is 3.60. The molecule has 1 fully saturated rings. The van der Waals surface area contributed by atoms with Crippen molar-refractivity contribution in [2.24, 2.45) is 0 Å². The van der Waals surface area contributed by atoms with Crippen LogP contribution in [-0.2, 0) is 4.74 Å². The number of methoxy groups -OCH3 is 1. The summed E-state index contributed by atoms with van der Waals surface area (Å²) in [5.41, 5.74) is 0.519. The highest BCUT2D eigenvalue weighted by Crippen LogP contribution is 2.14. The van der Waals surface area contributed by atoms with Crippen molar-refractivity contribution in [3.63, 3.8) is 0 Å². The second-order valence-corrected chi connectivity index (χ2v) is 5.38. The van der Waals surface area contributed by atoms with E-state index in [1.54, 1.807) is 18.2 Å². The maximum atomic E-state index is 11.4. The zero-order valence-corrected chi connectivity index (χ0v) is 12.8. The molecule has 1 aliphatic heterocycles. The maximum absolute atomic E-state index is 11.4. The summed E-state index contributed by atoms with van der Waals surface area (Å²) in [6.07, 6.45) is 0.981. The predicted molar refractivity (Wildman–Crippen MR) is 81.8 cm³/mol. The van der Waals surface area contributed by atoms with Crippen molar-refractivity contribution in [2.75, 3.05) is 39.9 Å². The van der Waals surface area contributed by atoms with E-state index in [1.165, 1.54) is 7.11 Å². The van der Waals surface area contributed by atoms with Crippen molar-refractivity contribution in [3.05, 3.63) is 29.8 Å². The molecule has 0 amide bonds. The molecule has 5 heteroatoms. The highest BCUT2D eigenvalue weighted by atomic mass is 16.5. The fourth-order valence-electron chi connectivity index (χ4n) is 2.52. The predicted octanol–water partition coefficient (Wildman–Crippen LogP) is 1.54. The molecule has 0 aliphatic carbocycles. The first kappa shape index (κ1) is 15.8. The number of hydrogen-bond acceptors (Lipinski definition) is 5. The van der Waals surface area contributed by atoms with Gasteiger partial charge in [-0.25, -0.2) is 4.79 Å². The first-order valence-corrected chi connectivity index (χ1v) is 7.46. The summed E-state index contributed by atoms with van der Waals surface area (Å²) in [5.74, 6) is 0.377. The minimum atomic E-state index is -0.338. The number of nitrogens with one attached hydrogen (secondary N) is 1. The zero-order valence-electron chi connectivity index (χ0n) is 12.8. The number of piperazine rings is 1. The molecule has 116 valence electrons. The minimum Gasteiger partial charge on any atom is -0.494 e. The Bertz CT molecular complexity index is 465. The summed E-state index contributed by atoms with van der Waals surface area (Å²) in [6.45, 7) is 7.16. The van der Waals surface area contributed by atoms with Crippen LogP contribution < -0.4 is 10.1 Å². The maximum Gasteiger partial charge on any atom is 0.337 e. The van der Waals surface area contributed by atoms with Gasteiger partial charge in [-0.15, -0.1) is 0 Å². The van der Waals surface area contributed by atoms with Gasteiger partial charge in [-0.05, 0) is 31.5 Å². The Morgan fingerprint density at radius 2 is 2.33 bits per heavy atom. The lowest BCUT2D eigenvalue weighted by Crippen LogP contribution is -2.49. The lowest BCUT2D eigenvalue weighted by Gasteiger charge is -2.31. The standard InChI is InChI=1S/C16H24N2O3/c1-13-12-18(9-7-17-13)8-4-10-21-15-6-3-5-14(11-15)16(19)20-2/h3,5-6,11,13,17H,4,7-10,12H2,1-2H3. The zero-order chi connectivity index (χ0) is 15.1. The molecule has 1 N–H and O–H groups in total. The number of carbonyl (C=O) groups is 1. The molecule has 5 nitrogen and oxygen atoms in total. The molecule has 0 saturated carbocycles. The number of rotatable bonds is 6. The Kier molecular flexibility index (Phi) is 6.02. The molecular formula is C16H24N2O3. The van der Waals surface area contributed by atoms with Gasteiger partial charge in [0.25, 0.3) is 0 Å². The van der Waals surface area contributed by atoms with Crippen LogP contribution in [-0.4, -0.2) is 56.8 Å². The Labute approximate surface area is 126 Å². The van der Waals surface area contributed by atoms with E-state index in [-0.39, 0.29) is 5.97 Å². The Morgan fingerprint density at radius 3 is 3.10 bits per heavy atom. The molecule has 2 rings (SSSR count). The van der Waals surface area contributed by atoms with E-state index in [0.29, 0.717) is 24.0 Å². The quantitative estimate of drug-likeness (QED) is 0.636. The molecule has 1 saturated heterocycles. The van der Waals surface area contributed by atoms with Crippen LogP contribution in [0.15, 0.2) is 24.3 Å². The van der Waals surface area contributed by atoms with Gasteiger partial charge >= 0.3 is 5.97 Å². The second-order valence-electron chi connectivity index (χ2n) is 5.38. The molecule has 0 radical (unpaired) electrons. The van der Waals surface area contributed by atoms with Crippen LogP contribution in [0.3, 0.4) is 0 Å². The van der Waals surface area contributed by atoms with Crippen LogP contribution in [0.2, 0.25) is 0 Å². The molecule has 21 heavy (non-hydrogen) atoms. The van der Waals surface area contributed by atoms with Crippen LogP contribution in [0.1, 0.15) is 23.7 Å². The van der Waals surface area contributed by atoms with Crippen LogP contribution in [0.5, 0.6) is 5.75 Å². The van der Waals surface area contributed by atoms with E-state index in [0.717, 1.165) is 32.6 Å². The van der Waals surface area contributed by atoms with E-state index >= 15 is 0 Å². The fourth-order valence-corrected chi connectivity index (χ4v) is 2.52. The number of nitrogens with zero attached hydrogens (tertiary/aromatic N) is 1. The minimum absolute atomic E-state index is 0.338. The van der Waals surface area contributed by atoms with E-state index in [4.69, 9.17) is 9.47 Å². The van der Waals surface area contributed by atoms with Crippen LogP contribution in [0.25, 0.3) is 0 Å². The van der Waals surface area contributed by atoms with E-state index in [9.17, 15) is 4.79 Å². The van der Waals surface area contributed by atoms with E-state index in [2.05, 4.69) is 17.1 Å². The van der Waals surface area contributed by atoms with Crippen LogP contribution in [0.4, 0.5) is 0 Å². The number of ether oxygens (including phenoxy) is 2. The average Bonchev–Trinajstić information content (AvgIpc) is 2.51. The van der Waals surface area contributed by atoms with Gasteiger partial charge in [0.1, 0.15) is 5.75 Å². The third kappa shape index (κ3) is 5.02. The van der Waals surface area contributed by atoms with Gasteiger partial charge in [-0.3, -0.25) is 0 Å². The third-order valence-corrected chi connectivity index (χ3v) is 3.60. The highest BCUT2D eigenvalue weighted by Gasteiger charge is 2.14. The van der Waals surface area contributed by atoms with Gasteiger partial charge < -0.3 is 19.7 Å². The molecule has 1 atom stereocenters. The number of carbonyl (C=O) groups excluding carboxylic acids is 1. The highest BCUT2D eigenvalue weighted by molar-refractivity contribution is 5.89. The number of hydrogen-bond donors (Lipinski definition) is 1. The van der Waals surface area contributed by atoms with Gasteiger partial charge in [0.2, 0.25) is 0 Å². The second kappa shape index (κ2) is 8.00. The number of benzene rings is 1. The van der Waals surface area contributed by atoms with Gasteiger partial charge in [0.05, 0.1) is 19.3 Å². The summed E-state index contributed by atoms with van der Waals surface area (Å²) >= 11 is 0. The van der Waals surface area contributed by atoms with E-state index in [1.807, 2.05) is 6.07 Å².